The van der Waals surface area contributed by atoms with Crippen LogP contribution in [-0.2, 0) is 4.74 Å². The second-order valence-corrected chi connectivity index (χ2v) is 7.65. The maximum Gasteiger partial charge on any atom is 0.229 e. The molecule has 1 aliphatic rings. The molecule has 0 bridgehead atoms. The highest BCUT2D eigenvalue weighted by molar-refractivity contribution is 5.89. The molecule has 0 amide bonds. The first-order valence-electron chi connectivity index (χ1n) is 10.3. The van der Waals surface area contributed by atoms with Crippen molar-refractivity contribution in [3.63, 3.8) is 0 Å². The van der Waals surface area contributed by atoms with Gasteiger partial charge in [-0.2, -0.15) is 0 Å². The van der Waals surface area contributed by atoms with Crippen molar-refractivity contribution >= 4 is 11.0 Å². The van der Waals surface area contributed by atoms with Gasteiger partial charge in [0.25, 0.3) is 0 Å². The Morgan fingerprint density at radius 2 is 1.68 bits per heavy atom. The van der Waals surface area contributed by atoms with E-state index >= 15 is 0 Å². The highest BCUT2D eigenvalue weighted by Crippen LogP contribution is 2.42. The Hall–Kier alpha value is -3.35. The van der Waals surface area contributed by atoms with Crippen LogP contribution in [0.4, 0.5) is 0 Å². The second-order valence-electron chi connectivity index (χ2n) is 7.65. The minimum Gasteiger partial charge on any atom is -0.504 e. The summed E-state index contributed by atoms with van der Waals surface area (Å²) in [5, 5.41) is 49.5. The third-order valence-electron chi connectivity index (χ3n) is 5.58. The standard InChI is InChI=1S/C23H24O11/c1-30-15-8-14-17(19(27)22(15)31-2)12(25)7-13(33-14)10-3-5-11(6-4-10)32-23-21(29)20(28)18(26)16(9-24)34-23/h3-8,16,18,20-21,23-24,26-29H,9H2,1-2H3/t16-,18-,20+,21-,23?/m1/s1. The highest BCUT2D eigenvalue weighted by atomic mass is 16.7. The lowest BCUT2D eigenvalue weighted by molar-refractivity contribution is -0.277. The number of aliphatic hydroxyl groups excluding tert-OH is 4. The lowest BCUT2D eigenvalue weighted by atomic mass is 9.99. The molecule has 1 fully saturated rings. The van der Waals surface area contributed by atoms with Crippen LogP contribution in [0, 0.1) is 0 Å². The maximum absolute atomic E-state index is 12.7. The van der Waals surface area contributed by atoms with E-state index in [4.69, 9.17) is 23.4 Å². The van der Waals surface area contributed by atoms with Gasteiger partial charge in [0.2, 0.25) is 12.0 Å². The molecule has 1 saturated heterocycles. The molecule has 11 heteroatoms. The number of benzene rings is 2. The molecule has 34 heavy (non-hydrogen) atoms. The maximum atomic E-state index is 12.7. The molecule has 3 aromatic rings. The number of methoxy groups -OCH3 is 2. The largest absolute Gasteiger partial charge is 0.504 e. The first-order chi connectivity index (χ1) is 16.3. The molecule has 1 unspecified atom stereocenters. The average Bonchev–Trinajstić information content (AvgIpc) is 2.84. The van der Waals surface area contributed by atoms with Gasteiger partial charge in [-0.1, -0.05) is 0 Å². The highest BCUT2D eigenvalue weighted by Gasteiger charge is 2.44. The first kappa shape index (κ1) is 23.8. The van der Waals surface area contributed by atoms with E-state index in [-0.39, 0.29) is 39.7 Å². The van der Waals surface area contributed by atoms with E-state index in [9.17, 15) is 30.3 Å². The van der Waals surface area contributed by atoms with Gasteiger partial charge in [0.1, 0.15) is 46.9 Å². The normalized spacial score (nSPS) is 24.7. The minimum absolute atomic E-state index is 0.0183. The van der Waals surface area contributed by atoms with Crippen LogP contribution in [0.15, 0.2) is 45.6 Å². The van der Waals surface area contributed by atoms with Crippen LogP contribution >= 0.6 is 0 Å². The summed E-state index contributed by atoms with van der Waals surface area (Å²) in [7, 11) is 2.73. The van der Waals surface area contributed by atoms with E-state index in [1.54, 1.807) is 12.1 Å². The Morgan fingerprint density at radius 1 is 0.971 bits per heavy atom. The molecule has 2 aromatic carbocycles. The third kappa shape index (κ3) is 4.15. The number of ether oxygens (including phenoxy) is 4. The molecule has 5 atom stereocenters. The zero-order valence-electron chi connectivity index (χ0n) is 18.2. The molecule has 2 heterocycles. The van der Waals surface area contributed by atoms with Gasteiger partial charge in [-0.3, -0.25) is 4.79 Å². The predicted octanol–water partition coefficient (Wildman–Crippen LogP) is 0.361. The van der Waals surface area contributed by atoms with E-state index in [1.807, 2.05) is 0 Å². The number of rotatable bonds is 6. The molecular weight excluding hydrogens is 452 g/mol. The summed E-state index contributed by atoms with van der Waals surface area (Å²) >= 11 is 0. The van der Waals surface area contributed by atoms with E-state index in [0.717, 1.165) is 0 Å². The smallest absolute Gasteiger partial charge is 0.229 e. The second kappa shape index (κ2) is 9.49. The first-order valence-corrected chi connectivity index (χ1v) is 10.3. The van der Waals surface area contributed by atoms with Crippen LogP contribution in [-0.4, -0.2) is 77.1 Å². The van der Waals surface area contributed by atoms with E-state index in [0.29, 0.717) is 5.56 Å². The number of hydrogen-bond acceptors (Lipinski definition) is 11. The van der Waals surface area contributed by atoms with Crippen LogP contribution in [0.3, 0.4) is 0 Å². The molecule has 0 radical (unpaired) electrons. The molecule has 0 saturated carbocycles. The number of phenolic OH excluding ortho intramolecular Hbond substituents is 1. The average molecular weight is 476 g/mol. The quantitative estimate of drug-likeness (QED) is 0.333. The topological polar surface area (TPSA) is 168 Å². The van der Waals surface area contributed by atoms with Gasteiger partial charge < -0.3 is 48.9 Å². The number of hydrogen-bond donors (Lipinski definition) is 5. The van der Waals surface area contributed by atoms with Crippen molar-refractivity contribution in [2.24, 2.45) is 0 Å². The number of phenols is 1. The molecule has 182 valence electrons. The van der Waals surface area contributed by atoms with Crippen LogP contribution in [0.1, 0.15) is 0 Å². The van der Waals surface area contributed by atoms with Gasteiger partial charge in [0.05, 0.1) is 20.8 Å². The number of aromatic hydroxyl groups is 1. The lowest BCUT2D eigenvalue weighted by Gasteiger charge is -2.39. The van der Waals surface area contributed by atoms with Crippen molar-refractivity contribution in [2.75, 3.05) is 20.8 Å². The van der Waals surface area contributed by atoms with Gasteiger partial charge in [-0.05, 0) is 24.3 Å². The summed E-state index contributed by atoms with van der Waals surface area (Å²) in [6.45, 7) is -0.572. The molecule has 1 aromatic heterocycles. The fourth-order valence-corrected chi connectivity index (χ4v) is 3.75. The van der Waals surface area contributed by atoms with Crippen LogP contribution in [0.25, 0.3) is 22.3 Å². The Kier molecular flexibility index (Phi) is 6.64. The number of fused-ring (bicyclic) bond motifs is 1. The van der Waals surface area contributed by atoms with Crippen molar-refractivity contribution in [3.05, 3.63) is 46.6 Å². The van der Waals surface area contributed by atoms with Crippen molar-refractivity contribution < 1.29 is 48.9 Å². The van der Waals surface area contributed by atoms with Crippen molar-refractivity contribution in [1.29, 1.82) is 0 Å². The van der Waals surface area contributed by atoms with Gasteiger partial charge in [0, 0.05) is 17.7 Å². The lowest BCUT2D eigenvalue weighted by Crippen LogP contribution is -2.60. The van der Waals surface area contributed by atoms with Crippen LogP contribution in [0.5, 0.6) is 23.0 Å². The molecule has 11 nitrogen and oxygen atoms in total. The van der Waals surface area contributed by atoms with Gasteiger partial charge in [-0.15, -0.1) is 0 Å². The summed E-state index contributed by atoms with van der Waals surface area (Å²) < 4.78 is 27.0. The monoisotopic (exact) mass is 476 g/mol. The molecule has 4 rings (SSSR count). The molecule has 0 spiro atoms. The molecular formula is C23H24O11. The predicted molar refractivity (Wildman–Crippen MR) is 117 cm³/mol. The van der Waals surface area contributed by atoms with E-state index in [2.05, 4.69) is 0 Å². The van der Waals surface area contributed by atoms with Crippen molar-refractivity contribution in [2.45, 2.75) is 30.7 Å². The van der Waals surface area contributed by atoms with Gasteiger partial charge in [0.15, 0.2) is 16.9 Å². The van der Waals surface area contributed by atoms with Crippen LogP contribution in [0.2, 0.25) is 0 Å². The summed E-state index contributed by atoms with van der Waals surface area (Å²) in [6.07, 6.45) is -7.02. The fourth-order valence-electron chi connectivity index (χ4n) is 3.75. The summed E-state index contributed by atoms with van der Waals surface area (Å²) in [4.78, 5) is 12.7. The Bertz CT molecular complexity index is 1220. The van der Waals surface area contributed by atoms with Crippen molar-refractivity contribution in [1.82, 2.24) is 0 Å². The molecule has 5 N–H and O–H groups in total. The summed E-state index contributed by atoms with van der Waals surface area (Å²) in [5.74, 6) is 0.282. The zero-order chi connectivity index (χ0) is 24.6. The molecule has 0 aliphatic carbocycles. The van der Waals surface area contributed by atoms with Crippen LogP contribution < -0.4 is 19.6 Å². The Labute approximate surface area is 192 Å². The Balaban J connectivity index is 1.62. The number of aliphatic hydroxyl groups is 4. The summed E-state index contributed by atoms with van der Waals surface area (Å²) in [6, 6.07) is 8.88. The van der Waals surface area contributed by atoms with Gasteiger partial charge >= 0.3 is 0 Å². The van der Waals surface area contributed by atoms with E-state index in [1.165, 1.54) is 38.5 Å². The summed E-state index contributed by atoms with van der Waals surface area (Å²) in [5.41, 5.74) is 0.116. The molecule has 1 aliphatic heterocycles. The Morgan fingerprint density at radius 3 is 2.29 bits per heavy atom. The SMILES string of the molecule is COc1cc2oc(-c3ccc(OC4O[C@H](CO)[C@@H](O)[C@H](O)[C@H]4O)cc3)cc(=O)c2c(O)c1OC. The van der Waals surface area contributed by atoms with E-state index < -0.39 is 42.7 Å². The minimum atomic E-state index is -1.56. The third-order valence-corrected chi connectivity index (χ3v) is 5.58. The fraction of sp³-hybridized carbons (Fsp3) is 0.348. The van der Waals surface area contributed by atoms with Gasteiger partial charge in [-0.25, -0.2) is 0 Å². The zero-order valence-corrected chi connectivity index (χ0v) is 18.2. The van der Waals surface area contributed by atoms with Crippen molar-refractivity contribution in [3.8, 4) is 34.3 Å².